The summed E-state index contributed by atoms with van der Waals surface area (Å²) in [5, 5.41) is 10.3. The molecule has 1 atom stereocenters. The SMILES string of the molecule is COc1cc(O)c2c(=O)cc(C)oc2c1CC1OC1(C)C. The van der Waals surface area contributed by atoms with Gasteiger partial charge in [0.05, 0.1) is 18.8 Å². The maximum Gasteiger partial charge on any atom is 0.196 e. The van der Waals surface area contributed by atoms with E-state index in [1.54, 1.807) is 6.92 Å². The Bertz CT molecular complexity index is 772. The summed E-state index contributed by atoms with van der Waals surface area (Å²) < 4.78 is 16.6. The van der Waals surface area contributed by atoms with Crippen LogP contribution in [0.2, 0.25) is 0 Å². The Balaban J connectivity index is 2.25. The Morgan fingerprint density at radius 2 is 2.05 bits per heavy atom. The average molecular weight is 290 g/mol. The number of aryl methyl sites for hydroxylation is 1. The minimum Gasteiger partial charge on any atom is -0.507 e. The fraction of sp³-hybridized carbons (Fsp3) is 0.438. The van der Waals surface area contributed by atoms with Crippen LogP contribution in [0.4, 0.5) is 0 Å². The molecule has 5 heteroatoms. The number of ether oxygens (including phenoxy) is 2. The van der Waals surface area contributed by atoms with Crippen LogP contribution in [-0.2, 0) is 11.2 Å². The van der Waals surface area contributed by atoms with Crippen molar-refractivity contribution in [1.82, 2.24) is 0 Å². The number of hydrogen-bond donors (Lipinski definition) is 1. The molecule has 2 heterocycles. The number of fused-ring (bicyclic) bond motifs is 1. The first-order valence-electron chi connectivity index (χ1n) is 6.84. The lowest BCUT2D eigenvalue weighted by Crippen LogP contribution is -2.09. The molecule has 1 saturated heterocycles. The summed E-state index contributed by atoms with van der Waals surface area (Å²) in [7, 11) is 1.52. The van der Waals surface area contributed by atoms with Gasteiger partial charge in [0, 0.05) is 24.1 Å². The standard InChI is InChI=1S/C16H18O5/c1-8-5-10(17)14-11(18)7-12(19-4)9(15(14)20-8)6-13-16(2,3)21-13/h5,7,13,18H,6H2,1-4H3. The van der Waals surface area contributed by atoms with Crippen molar-refractivity contribution in [2.45, 2.75) is 38.9 Å². The number of hydrogen-bond acceptors (Lipinski definition) is 5. The molecule has 1 N–H and O–H groups in total. The molecule has 1 aromatic carbocycles. The van der Waals surface area contributed by atoms with Crippen molar-refractivity contribution >= 4 is 11.0 Å². The molecule has 1 fully saturated rings. The van der Waals surface area contributed by atoms with Crippen molar-refractivity contribution in [3.8, 4) is 11.5 Å². The number of phenolic OH excluding ortho intramolecular Hbond substituents is 1. The summed E-state index contributed by atoms with van der Waals surface area (Å²) in [5.41, 5.74) is 0.690. The highest BCUT2D eigenvalue weighted by atomic mass is 16.6. The fourth-order valence-corrected chi connectivity index (χ4v) is 2.64. The van der Waals surface area contributed by atoms with Crippen molar-refractivity contribution < 1.29 is 19.0 Å². The minimum absolute atomic E-state index is 0.0463. The number of rotatable bonds is 3. The van der Waals surface area contributed by atoms with Crippen molar-refractivity contribution in [1.29, 1.82) is 0 Å². The Kier molecular flexibility index (Phi) is 2.99. The topological polar surface area (TPSA) is 72.2 Å². The summed E-state index contributed by atoms with van der Waals surface area (Å²) in [6.07, 6.45) is 0.615. The number of phenols is 1. The van der Waals surface area contributed by atoms with Gasteiger partial charge in [-0.3, -0.25) is 4.79 Å². The van der Waals surface area contributed by atoms with Gasteiger partial charge in [-0.15, -0.1) is 0 Å². The van der Waals surface area contributed by atoms with Crippen molar-refractivity contribution in [2.75, 3.05) is 7.11 Å². The zero-order chi connectivity index (χ0) is 15.4. The zero-order valence-electron chi connectivity index (χ0n) is 12.5. The molecule has 0 radical (unpaired) electrons. The van der Waals surface area contributed by atoms with Gasteiger partial charge < -0.3 is 19.0 Å². The van der Waals surface area contributed by atoms with Crippen LogP contribution in [0, 0.1) is 6.92 Å². The lowest BCUT2D eigenvalue weighted by Gasteiger charge is -2.12. The zero-order valence-corrected chi connectivity index (χ0v) is 12.5. The van der Waals surface area contributed by atoms with Gasteiger partial charge >= 0.3 is 0 Å². The third-order valence-corrected chi connectivity index (χ3v) is 3.94. The summed E-state index contributed by atoms with van der Waals surface area (Å²) >= 11 is 0. The van der Waals surface area contributed by atoms with Crippen molar-refractivity contribution in [3.05, 3.63) is 33.7 Å². The number of methoxy groups -OCH3 is 1. The largest absolute Gasteiger partial charge is 0.507 e. The second kappa shape index (κ2) is 4.49. The van der Waals surface area contributed by atoms with Crippen LogP contribution in [-0.4, -0.2) is 23.9 Å². The van der Waals surface area contributed by atoms with Crippen LogP contribution in [0.3, 0.4) is 0 Å². The number of epoxide rings is 1. The molecule has 0 saturated carbocycles. The van der Waals surface area contributed by atoms with E-state index in [2.05, 4.69) is 0 Å². The van der Waals surface area contributed by atoms with E-state index in [9.17, 15) is 9.90 Å². The van der Waals surface area contributed by atoms with Gasteiger partial charge in [-0.05, 0) is 20.8 Å². The van der Waals surface area contributed by atoms with E-state index in [1.165, 1.54) is 19.2 Å². The van der Waals surface area contributed by atoms with Gasteiger partial charge in [-0.1, -0.05) is 0 Å². The molecular formula is C16H18O5. The van der Waals surface area contributed by atoms with Gasteiger partial charge in [0.15, 0.2) is 5.43 Å². The van der Waals surface area contributed by atoms with Gasteiger partial charge in [0.25, 0.3) is 0 Å². The Labute approximate surface area is 122 Å². The van der Waals surface area contributed by atoms with Gasteiger partial charge in [0.1, 0.15) is 28.2 Å². The van der Waals surface area contributed by atoms with Crippen LogP contribution in [0.5, 0.6) is 11.5 Å². The van der Waals surface area contributed by atoms with Gasteiger partial charge in [-0.2, -0.15) is 0 Å². The molecule has 5 nitrogen and oxygen atoms in total. The molecule has 21 heavy (non-hydrogen) atoms. The van der Waals surface area contributed by atoms with E-state index in [4.69, 9.17) is 13.9 Å². The quantitative estimate of drug-likeness (QED) is 0.879. The predicted octanol–water partition coefficient (Wildman–Crippen LogP) is 2.54. The minimum atomic E-state index is -0.258. The summed E-state index contributed by atoms with van der Waals surface area (Å²) in [6, 6.07) is 2.83. The van der Waals surface area contributed by atoms with Gasteiger partial charge in [0.2, 0.25) is 0 Å². The summed E-state index contributed by atoms with van der Waals surface area (Å²) in [6.45, 7) is 5.72. The second-order valence-corrected chi connectivity index (χ2v) is 5.92. The van der Waals surface area contributed by atoms with E-state index in [0.717, 1.165) is 5.56 Å². The predicted molar refractivity (Wildman–Crippen MR) is 78.1 cm³/mol. The number of aromatic hydroxyl groups is 1. The lowest BCUT2D eigenvalue weighted by atomic mass is 9.99. The van der Waals surface area contributed by atoms with E-state index in [0.29, 0.717) is 23.5 Å². The molecule has 2 aromatic rings. The van der Waals surface area contributed by atoms with Crippen molar-refractivity contribution in [2.24, 2.45) is 0 Å². The third-order valence-electron chi connectivity index (χ3n) is 3.94. The van der Waals surface area contributed by atoms with Crippen LogP contribution >= 0.6 is 0 Å². The highest BCUT2D eigenvalue weighted by molar-refractivity contribution is 5.88. The molecular weight excluding hydrogens is 272 g/mol. The normalized spacial score (nSPS) is 19.7. The van der Waals surface area contributed by atoms with Crippen molar-refractivity contribution in [3.63, 3.8) is 0 Å². The maximum absolute atomic E-state index is 12.1. The molecule has 0 bridgehead atoms. The van der Waals surface area contributed by atoms with Crippen LogP contribution in [0.15, 0.2) is 21.3 Å². The first-order valence-corrected chi connectivity index (χ1v) is 6.84. The molecule has 1 aliphatic rings. The summed E-state index contributed by atoms with van der Waals surface area (Å²) in [5.74, 6) is 0.868. The first-order chi connectivity index (χ1) is 9.83. The van der Waals surface area contributed by atoms with Crippen LogP contribution in [0.25, 0.3) is 11.0 Å². The molecule has 0 aliphatic carbocycles. The van der Waals surface area contributed by atoms with E-state index in [1.807, 2.05) is 13.8 Å². The Morgan fingerprint density at radius 1 is 1.38 bits per heavy atom. The average Bonchev–Trinajstić information content (AvgIpc) is 2.98. The molecule has 112 valence electrons. The molecule has 1 aliphatic heterocycles. The fourth-order valence-electron chi connectivity index (χ4n) is 2.64. The third kappa shape index (κ3) is 2.27. The van der Waals surface area contributed by atoms with Crippen LogP contribution < -0.4 is 10.2 Å². The molecule has 3 rings (SSSR count). The Morgan fingerprint density at radius 3 is 2.62 bits per heavy atom. The Hall–Kier alpha value is -2.01. The first kappa shape index (κ1) is 13.9. The van der Waals surface area contributed by atoms with Gasteiger partial charge in [-0.25, -0.2) is 0 Å². The molecule has 1 unspecified atom stereocenters. The molecule has 1 aromatic heterocycles. The number of benzene rings is 1. The maximum atomic E-state index is 12.1. The second-order valence-electron chi connectivity index (χ2n) is 5.92. The van der Waals surface area contributed by atoms with E-state index in [-0.39, 0.29) is 28.3 Å². The van der Waals surface area contributed by atoms with E-state index < -0.39 is 0 Å². The highest BCUT2D eigenvalue weighted by Gasteiger charge is 2.48. The molecule has 0 spiro atoms. The lowest BCUT2D eigenvalue weighted by molar-refractivity contribution is 0.322. The smallest absolute Gasteiger partial charge is 0.196 e. The molecule has 0 amide bonds. The summed E-state index contributed by atoms with van der Waals surface area (Å²) in [4.78, 5) is 12.1. The highest BCUT2D eigenvalue weighted by Crippen LogP contribution is 2.42. The van der Waals surface area contributed by atoms with Crippen LogP contribution in [0.1, 0.15) is 25.2 Å². The monoisotopic (exact) mass is 290 g/mol. The van der Waals surface area contributed by atoms with E-state index >= 15 is 0 Å².